The number of rotatable bonds is 7. The lowest BCUT2D eigenvalue weighted by Crippen LogP contribution is -2.56. The van der Waals surface area contributed by atoms with Crippen molar-refractivity contribution in [1.29, 1.82) is 0 Å². The summed E-state index contributed by atoms with van der Waals surface area (Å²) in [6.45, 7) is 10.5. The van der Waals surface area contributed by atoms with E-state index < -0.39 is 11.9 Å². The number of hydrogen-bond acceptors (Lipinski definition) is 5. The minimum Gasteiger partial charge on any atom is -0.490 e. The van der Waals surface area contributed by atoms with Gasteiger partial charge in [-0.2, -0.15) is 0 Å². The SMILES string of the molecule is CCN(c1cc(OC2CC(N3C[C@@H](C)O[C@@H](C)C3)C2)cc(C(=O)O)c1C)C1CCC(F)(F)CC1. The molecule has 3 aliphatic rings. The Morgan fingerprint density at radius 2 is 1.82 bits per heavy atom. The third-order valence-corrected chi connectivity index (χ3v) is 7.70. The second-order valence-corrected chi connectivity index (χ2v) is 10.4. The standard InChI is InChI=1S/C26H38F2N2O4/c1-5-30(19-6-8-26(27,28)9-7-19)24-13-22(12-23(18(24)4)25(31)32)34-21-10-20(11-21)29-14-16(2)33-17(3)15-29/h12-13,16-17,19-21H,5-11,14-15H2,1-4H3,(H,31,32)/t16-,17+,20?,21?. The molecule has 34 heavy (non-hydrogen) atoms. The molecule has 1 heterocycles. The fourth-order valence-electron chi connectivity index (χ4n) is 5.86. The van der Waals surface area contributed by atoms with Gasteiger partial charge in [0.1, 0.15) is 11.9 Å². The Hall–Kier alpha value is -1.93. The zero-order chi connectivity index (χ0) is 24.6. The maximum atomic E-state index is 13.7. The molecule has 0 unspecified atom stereocenters. The lowest BCUT2D eigenvalue weighted by Gasteiger charge is -2.47. The van der Waals surface area contributed by atoms with E-state index in [4.69, 9.17) is 9.47 Å². The number of morpholine rings is 1. The summed E-state index contributed by atoms with van der Waals surface area (Å²) in [5.74, 6) is -3.05. The number of anilines is 1. The molecule has 2 saturated carbocycles. The maximum Gasteiger partial charge on any atom is 0.336 e. The van der Waals surface area contributed by atoms with Gasteiger partial charge in [-0.3, -0.25) is 4.90 Å². The van der Waals surface area contributed by atoms with Crippen LogP contribution in [0.2, 0.25) is 0 Å². The minimum absolute atomic E-state index is 0.0291. The highest BCUT2D eigenvalue weighted by Crippen LogP contribution is 2.40. The van der Waals surface area contributed by atoms with Crippen LogP contribution in [0.25, 0.3) is 0 Å². The van der Waals surface area contributed by atoms with Crippen molar-refractivity contribution in [3.05, 3.63) is 23.3 Å². The molecule has 0 aromatic heterocycles. The molecular weight excluding hydrogens is 442 g/mol. The van der Waals surface area contributed by atoms with Crippen molar-refractivity contribution >= 4 is 11.7 Å². The summed E-state index contributed by atoms with van der Waals surface area (Å²) in [6, 6.07) is 3.94. The highest BCUT2D eigenvalue weighted by atomic mass is 19.3. The van der Waals surface area contributed by atoms with Crippen LogP contribution in [-0.2, 0) is 4.74 Å². The van der Waals surface area contributed by atoms with E-state index in [-0.39, 0.29) is 42.8 Å². The quantitative estimate of drug-likeness (QED) is 0.585. The van der Waals surface area contributed by atoms with Crippen molar-refractivity contribution in [3.8, 4) is 5.75 Å². The van der Waals surface area contributed by atoms with Crippen LogP contribution in [0, 0.1) is 6.92 Å². The third-order valence-electron chi connectivity index (χ3n) is 7.70. The fourth-order valence-corrected chi connectivity index (χ4v) is 5.86. The number of carboxylic acid groups (broad SMARTS) is 1. The molecular formula is C26H38F2N2O4. The average molecular weight is 481 g/mol. The predicted molar refractivity (Wildman–Crippen MR) is 127 cm³/mol. The molecule has 1 saturated heterocycles. The molecule has 0 radical (unpaired) electrons. The van der Waals surface area contributed by atoms with Crippen LogP contribution < -0.4 is 9.64 Å². The molecule has 8 heteroatoms. The monoisotopic (exact) mass is 480 g/mol. The van der Waals surface area contributed by atoms with Crippen LogP contribution >= 0.6 is 0 Å². The van der Waals surface area contributed by atoms with Gasteiger partial charge in [-0.25, -0.2) is 13.6 Å². The topological polar surface area (TPSA) is 62.2 Å². The van der Waals surface area contributed by atoms with E-state index >= 15 is 0 Å². The Morgan fingerprint density at radius 1 is 1.21 bits per heavy atom. The number of hydrogen-bond donors (Lipinski definition) is 1. The molecule has 2 atom stereocenters. The lowest BCUT2D eigenvalue weighted by molar-refractivity contribution is -0.103. The van der Waals surface area contributed by atoms with Gasteiger partial charge in [0.2, 0.25) is 5.92 Å². The number of aromatic carboxylic acids is 1. The van der Waals surface area contributed by atoms with Gasteiger partial charge in [-0.15, -0.1) is 0 Å². The molecule has 0 bridgehead atoms. The van der Waals surface area contributed by atoms with Gasteiger partial charge in [-0.05, 0) is 52.2 Å². The molecule has 2 aliphatic carbocycles. The molecule has 1 N–H and O–H groups in total. The Morgan fingerprint density at radius 3 is 2.38 bits per heavy atom. The summed E-state index contributed by atoms with van der Waals surface area (Å²) in [5, 5.41) is 9.82. The second kappa shape index (κ2) is 9.97. The number of ether oxygens (including phenoxy) is 2. The van der Waals surface area contributed by atoms with Crippen molar-refractivity contribution in [2.45, 2.75) is 103 Å². The number of alkyl halides is 2. The van der Waals surface area contributed by atoms with Gasteiger partial charge in [0.15, 0.2) is 0 Å². The van der Waals surface area contributed by atoms with E-state index in [2.05, 4.69) is 23.6 Å². The second-order valence-electron chi connectivity index (χ2n) is 10.4. The van der Waals surface area contributed by atoms with E-state index in [1.165, 1.54) is 0 Å². The number of carbonyl (C=O) groups is 1. The molecule has 6 nitrogen and oxygen atoms in total. The minimum atomic E-state index is -2.60. The molecule has 4 rings (SSSR count). The molecule has 3 fully saturated rings. The highest BCUT2D eigenvalue weighted by molar-refractivity contribution is 5.92. The number of carboxylic acids is 1. The first-order chi connectivity index (χ1) is 16.1. The Kier molecular flexibility index (Phi) is 7.38. The average Bonchev–Trinajstić information content (AvgIpc) is 2.72. The van der Waals surface area contributed by atoms with E-state index in [1.807, 2.05) is 13.0 Å². The van der Waals surface area contributed by atoms with Crippen molar-refractivity contribution < 1.29 is 28.2 Å². The van der Waals surface area contributed by atoms with Crippen LogP contribution in [0.5, 0.6) is 5.75 Å². The van der Waals surface area contributed by atoms with Crippen LogP contribution in [0.1, 0.15) is 75.2 Å². The molecule has 1 aliphatic heterocycles. The zero-order valence-corrected chi connectivity index (χ0v) is 20.7. The van der Waals surface area contributed by atoms with E-state index in [9.17, 15) is 18.7 Å². The van der Waals surface area contributed by atoms with Crippen molar-refractivity contribution in [3.63, 3.8) is 0 Å². The summed E-state index contributed by atoms with van der Waals surface area (Å²) >= 11 is 0. The van der Waals surface area contributed by atoms with Crippen LogP contribution in [0.15, 0.2) is 12.1 Å². The fraction of sp³-hybridized carbons (Fsp3) is 0.731. The first-order valence-electron chi connectivity index (χ1n) is 12.6. The van der Waals surface area contributed by atoms with Crippen molar-refractivity contribution in [1.82, 2.24) is 4.90 Å². The lowest BCUT2D eigenvalue weighted by atomic mass is 9.87. The van der Waals surface area contributed by atoms with Gasteiger partial charge in [0, 0.05) is 69.2 Å². The van der Waals surface area contributed by atoms with Crippen molar-refractivity contribution in [2.75, 3.05) is 24.5 Å². The van der Waals surface area contributed by atoms with Gasteiger partial charge < -0.3 is 19.5 Å². The molecule has 190 valence electrons. The van der Waals surface area contributed by atoms with Gasteiger partial charge >= 0.3 is 5.97 Å². The maximum absolute atomic E-state index is 13.7. The molecule has 1 aromatic rings. The summed E-state index contributed by atoms with van der Waals surface area (Å²) < 4.78 is 39.6. The first kappa shape index (κ1) is 25.2. The van der Waals surface area contributed by atoms with Crippen molar-refractivity contribution in [2.24, 2.45) is 0 Å². The first-order valence-corrected chi connectivity index (χ1v) is 12.6. The van der Waals surface area contributed by atoms with Gasteiger partial charge in [0.05, 0.1) is 17.8 Å². The summed E-state index contributed by atoms with van der Waals surface area (Å²) in [7, 11) is 0. The normalized spacial score (nSPS) is 29.9. The smallest absolute Gasteiger partial charge is 0.336 e. The zero-order valence-electron chi connectivity index (χ0n) is 20.7. The number of halogens is 2. The Bertz CT molecular complexity index is 870. The van der Waals surface area contributed by atoms with Gasteiger partial charge in [-0.1, -0.05) is 0 Å². The predicted octanol–water partition coefficient (Wildman–Crippen LogP) is 5.12. The molecule has 1 aromatic carbocycles. The summed E-state index contributed by atoms with van der Waals surface area (Å²) in [4.78, 5) is 16.6. The van der Waals surface area contributed by atoms with Gasteiger partial charge in [0.25, 0.3) is 0 Å². The highest BCUT2D eigenvalue weighted by Gasteiger charge is 2.39. The molecule has 0 amide bonds. The van der Waals surface area contributed by atoms with Crippen LogP contribution in [0.3, 0.4) is 0 Å². The molecule has 0 spiro atoms. The third kappa shape index (κ3) is 5.48. The van der Waals surface area contributed by atoms with Crippen LogP contribution in [0.4, 0.5) is 14.5 Å². The Labute approximate surface area is 201 Å². The number of benzene rings is 1. The van der Waals surface area contributed by atoms with E-state index in [0.29, 0.717) is 36.7 Å². The van der Waals surface area contributed by atoms with E-state index in [1.54, 1.807) is 13.0 Å². The van der Waals surface area contributed by atoms with Crippen LogP contribution in [-0.4, -0.2) is 71.9 Å². The largest absolute Gasteiger partial charge is 0.490 e. The number of nitrogens with zero attached hydrogens (tertiary/aromatic N) is 2. The summed E-state index contributed by atoms with van der Waals surface area (Å²) in [5.41, 5.74) is 1.64. The summed E-state index contributed by atoms with van der Waals surface area (Å²) in [6.07, 6.45) is 2.83. The Balaban J connectivity index is 1.48. The van der Waals surface area contributed by atoms with E-state index in [0.717, 1.165) is 31.6 Å².